The molecule has 0 aliphatic heterocycles. The van der Waals surface area contributed by atoms with Crippen LogP contribution in [0.1, 0.15) is 5.56 Å². The van der Waals surface area contributed by atoms with Crippen molar-refractivity contribution in [3.05, 3.63) is 74.2 Å². The minimum absolute atomic E-state index is 0.0291. The van der Waals surface area contributed by atoms with Gasteiger partial charge in [-0.25, -0.2) is 13.4 Å². The molecule has 0 unspecified atom stereocenters. The van der Waals surface area contributed by atoms with Gasteiger partial charge >= 0.3 is 0 Å². The molecule has 0 aliphatic rings. The Morgan fingerprint density at radius 2 is 1.65 bits per heavy atom. The molecular formula is C20H12Cl4N2O2S3. The highest BCUT2D eigenvalue weighted by Crippen LogP contribution is 2.43. The summed E-state index contributed by atoms with van der Waals surface area (Å²) in [6, 6.07) is 13.2. The number of nitrogens with one attached hydrogen (secondary N) is 1. The third-order valence-electron chi connectivity index (χ3n) is 4.15. The number of benzene rings is 3. The molecule has 0 radical (unpaired) electrons. The molecule has 0 aliphatic carbocycles. The van der Waals surface area contributed by atoms with Crippen molar-refractivity contribution in [3.8, 4) is 0 Å². The summed E-state index contributed by atoms with van der Waals surface area (Å²) in [5, 5.41) is 1.33. The summed E-state index contributed by atoms with van der Waals surface area (Å²) in [6.07, 6.45) is 0. The van der Waals surface area contributed by atoms with Crippen LogP contribution in [0, 0.1) is 6.92 Å². The lowest BCUT2D eigenvalue weighted by Gasteiger charge is -2.12. The molecule has 0 bridgehead atoms. The van der Waals surface area contributed by atoms with E-state index in [4.69, 9.17) is 46.4 Å². The summed E-state index contributed by atoms with van der Waals surface area (Å²) >= 11 is 27.8. The Morgan fingerprint density at radius 1 is 0.935 bits per heavy atom. The van der Waals surface area contributed by atoms with Crippen LogP contribution < -0.4 is 4.72 Å². The van der Waals surface area contributed by atoms with Gasteiger partial charge in [-0.05, 0) is 55.0 Å². The van der Waals surface area contributed by atoms with Crippen LogP contribution >= 0.6 is 69.5 Å². The van der Waals surface area contributed by atoms with Crippen LogP contribution in [0.3, 0.4) is 0 Å². The first kappa shape index (κ1) is 23.0. The number of aryl methyl sites for hydroxylation is 1. The van der Waals surface area contributed by atoms with E-state index in [-0.39, 0.29) is 15.6 Å². The minimum atomic E-state index is -3.92. The van der Waals surface area contributed by atoms with E-state index >= 15 is 0 Å². The zero-order valence-corrected chi connectivity index (χ0v) is 21.1. The van der Waals surface area contributed by atoms with E-state index in [0.717, 1.165) is 20.1 Å². The number of halogens is 4. The Hall–Kier alpha value is -1.19. The average Bonchev–Trinajstić information content (AvgIpc) is 3.05. The molecule has 4 aromatic rings. The van der Waals surface area contributed by atoms with Gasteiger partial charge in [0, 0.05) is 5.02 Å². The van der Waals surface area contributed by atoms with Crippen LogP contribution in [0.25, 0.3) is 10.2 Å². The maximum absolute atomic E-state index is 12.8. The number of fused-ring (bicyclic) bond motifs is 1. The molecule has 11 heteroatoms. The van der Waals surface area contributed by atoms with Gasteiger partial charge in [0.15, 0.2) is 4.34 Å². The van der Waals surface area contributed by atoms with Crippen molar-refractivity contribution >= 4 is 95.4 Å². The van der Waals surface area contributed by atoms with Crippen molar-refractivity contribution < 1.29 is 8.42 Å². The topological polar surface area (TPSA) is 59.1 Å². The summed E-state index contributed by atoms with van der Waals surface area (Å²) in [4.78, 5) is 5.09. The highest BCUT2D eigenvalue weighted by molar-refractivity contribution is 8.01. The van der Waals surface area contributed by atoms with Gasteiger partial charge in [0.05, 0.1) is 35.9 Å². The molecule has 0 saturated carbocycles. The highest BCUT2D eigenvalue weighted by Gasteiger charge is 2.20. The monoisotopic (exact) mass is 548 g/mol. The second-order valence-electron chi connectivity index (χ2n) is 6.50. The van der Waals surface area contributed by atoms with E-state index in [2.05, 4.69) is 9.71 Å². The standard InChI is InChI=1S/C20H12Cl4N2O2S3/c1-10-2-5-18(13(22)6-10)31(27,28)26-12-8-14(23)19(15(24)9-12)30-20-25-16-7-11(21)3-4-17(16)29-20/h2-9,26H,1H3. The van der Waals surface area contributed by atoms with Crippen molar-refractivity contribution in [3.63, 3.8) is 0 Å². The van der Waals surface area contributed by atoms with Crippen molar-refractivity contribution in [2.24, 2.45) is 0 Å². The second kappa shape index (κ2) is 8.98. The molecule has 31 heavy (non-hydrogen) atoms. The molecule has 0 saturated heterocycles. The fourth-order valence-corrected chi connectivity index (χ4v) is 7.28. The van der Waals surface area contributed by atoms with E-state index in [1.165, 1.54) is 41.3 Å². The summed E-state index contributed by atoms with van der Waals surface area (Å²) in [6.45, 7) is 1.83. The Bertz CT molecular complexity index is 1400. The Labute approximate surface area is 207 Å². The van der Waals surface area contributed by atoms with E-state index in [1.54, 1.807) is 24.3 Å². The Kier molecular flexibility index (Phi) is 6.66. The van der Waals surface area contributed by atoms with Gasteiger partial charge in [-0.1, -0.05) is 64.2 Å². The third kappa shape index (κ3) is 5.09. The van der Waals surface area contributed by atoms with Crippen LogP contribution in [0.4, 0.5) is 5.69 Å². The number of hydrogen-bond acceptors (Lipinski definition) is 5. The number of rotatable bonds is 5. The summed E-state index contributed by atoms with van der Waals surface area (Å²) in [5.41, 5.74) is 1.87. The molecule has 0 fully saturated rings. The number of sulfonamides is 1. The smallest absolute Gasteiger partial charge is 0.263 e. The Morgan fingerprint density at radius 3 is 2.32 bits per heavy atom. The van der Waals surface area contributed by atoms with Gasteiger partial charge in [0.25, 0.3) is 10.0 Å². The van der Waals surface area contributed by atoms with Crippen molar-refractivity contribution in [2.45, 2.75) is 21.1 Å². The number of thiazole rings is 1. The maximum atomic E-state index is 12.8. The van der Waals surface area contributed by atoms with Gasteiger partial charge in [0.2, 0.25) is 0 Å². The van der Waals surface area contributed by atoms with E-state index in [1.807, 2.05) is 13.0 Å². The van der Waals surface area contributed by atoms with Gasteiger partial charge in [-0.3, -0.25) is 4.72 Å². The largest absolute Gasteiger partial charge is 0.279 e. The lowest BCUT2D eigenvalue weighted by Crippen LogP contribution is -2.13. The van der Waals surface area contributed by atoms with Crippen LogP contribution in [0.15, 0.2) is 62.7 Å². The van der Waals surface area contributed by atoms with Crippen molar-refractivity contribution in [1.29, 1.82) is 0 Å². The lowest BCUT2D eigenvalue weighted by molar-refractivity contribution is 0.601. The molecule has 4 rings (SSSR count). The second-order valence-corrected chi connectivity index (χ2v) is 12.1. The fourth-order valence-electron chi connectivity index (χ4n) is 2.76. The number of nitrogens with zero attached hydrogens (tertiary/aromatic N) is 1. The normalized spacial score (nSPS) is 11.8. The third-order valence-corrected chi connectivity index (χ3v) is 9.31. The Balaban J connectivity index is 1.62. The van der Waals surface area contributed by atoms with Crippen molar-refractivity contribution in [2.75, 3.05) is 4.72 Å². The number of aromatic nitrogens is 1. The zero-order valence-electron chi connectivity index (χ0n) is 15.6. The maximum Gasteiger partial charge on any atom is 0.263 e. The molecule has 1 heterocycles. The van der Waals surface area contributed by atoms with Gasteiger partial charge < -0.3 is 0 Å². The molecule has 3 aromatic carbocycles. The highest BCUT2D eigenvalue weighted by atomic mass is 35.5. The predicted molar refractivity (Wildman–Crippen MR) is 132 cm³/mol. The molecule has 0 spiro atoms. The summed E-state index contributed by atoms with van der Waals surface area (Å²) in [7, 11) is -3.92. The molecule has 0 amide bonds. The van der Waals surface area contributed by atoms with Crippen molar-refractivity contribution in [1.82, 2.24) is 4.98 Å². The predicted octanol–water partition coefficient (Wildman–Crippen LogP) is 8.17. The first-order chi connectivity index (χ1) is 14.6. The number of hydrogen-bond donors (Lipinski definition) is 1. The molecule has 1 aromatic heterocycles. The van der Waals surface area contributed by atoms with Gasteiger partial charge in [-0.2, -0.15) is 0 Å². The fraction of sp³-hybridized carbons (Fsp3) is 0.0500. The van der Waals surface area contributed by atoms with E-state index < -0.39 is 10.0 Å². The van der Waals surface area contributed by atoms with Crippen LogP contribution in [0.5, 0.6) is 0 Å². The first-order valence-electron chi connectivity index (χ1n) is 8.64. The van der Waals surface area contributed by atoms with Crippen LogP contribution in [-0.4, -0.2) is 13.4 Å². The van der Waals surface area contributed by atoms with E-state index in [0.29, 0.717) is 20.0 Å². The molecule has 0 atom stereocenters. The van der Waals surface area contributed by atoms with Gasteiger partial charge in [0.1, 0.15) is 4.90 Å². The molecule has 1 N–H and O–H groups in total. The SMILES string of the molecule is Cc1ccc(S(=O)(=O)Nc2cc(Cl)c(Sc3nc4cc(Cl)ccc4s3)c(Cl)c2)c(Cl)c1. The summed E-state index contributed by atoms with van der Waals surface area (Å²) in [5.74, 6) is 0. The molecular weight excluding hydrogens is 538 g/mol. The number of anilines is 1. The molecule has 4 nitrogen and oxygen atoms in total. The average molecular weight is 550 g/mol. The quantitative estimate of drug-likeness (QED) is 0.272. The van der Waals surface area contributed by atoms with Crippen LogP contribution in [-0.2, 0) is 10.0 Å². The van der Waals surface area contributed by atoms with Crippen LogP contribution in [0.2, 0.25) is 20.1 Å². The lowest BCUT2D eigenvalue weighted by atomic mass is 10.2. The zero-order chi connectivity index (χ0) is 22.3. The molecule has 160 valence electrons. The van der Waals surface area contributed by atoms with E-state index in [9.17, 15) is 8.42 Å². The first-order valence-corrected chi connectivity index (χ1v) is 13.3. The summed E-state index contributed by atoms with van der Waals surface area (Å²) < 4.78 is 29.7. The minimum Gasteiger partial charge on any atom is -0.279 e. The van der Waals surface area contributed by atoms with Gasteiger partial charge in [-0.15, -0.1) is 11.3 Å².